The molecular weight excluding hydrogens is 286 g/mol. The van der Waals surface area contributed by atoms with Crippen LogP contribution in [0.4, 0.5) is 5.82 Å². The molecule has 0 saturated heterocycles. The quantitative estimate of drug-likeness (QED) is 0.381. The van der Waals surface area contributed by atoms with Crippen LogP contribution in [0.15, 0.2) is 24.0 Å². The van der Waals surface area contributed by atoms with Crippen molar-refractivity contribution in [1.82, 2.24) is 4.98 Å². The Kier molecular flexibility index (Phi) is 3.98. The number of carbonyl (C=O) groups is 3. The van der Waals surface area contributed by atoms with Gasteiger partial charge in [0.2, 0.25) is 6.41 Å². The molecule has 0 atom stereocenters. The first-order valence-corrected chi connectivity index (χ1v) is 6.43. The van der Waals surface area contributed by atoms with Gasteiger partial charge in [-0.3, -0.25) is 14.4 Å². The van der Waals surface area contributed by atoms with E-state index in [-0.39, 0.29) is 28.5 Å². The summed E-state index contributed by atoms with van der Waals surface area (Å²) in [6.07, 6.45) is 0.427. The molecule has 0 bridgehead atoms. The second kappa shape index (κ2) is 5.72. The number of allylic oxidation sites excluding steroid dienone is 2. The van der Waals surface area contributed by atoms with Gasteiger partial charge in [-0.05, 0) is 25.5 Å². The van der Waals surface area contributed by atoms with E-state index in [0.717, 1.165) is 0 Å². The van der Waals surface area contributed by atoms with Gasteiger partial charge in [0.05, 0.1) is 11.1 Å². The Balaban J connectivity index is 2.71. The van der Waals surface area contributed by atoms with Crippen LogP contribution in [0.3, 0.4) is 0 Å². The number of benzene rings is 1. The van der Waals surface area contributed by atoms with E-state index < -0.39 is 5.91 Å². The third-order valence-corrected chi connectivity index (χ3v) is 3.25. The number of aromatic amines is 1. The molecule has 0 fully saturated rings. The molecular formula is C15H15N3O4. The van der Waals surface area contributed by atoms with Crippen LogP contribution in [0, 0.1) is 0 Å². The zero-order valence-corrected chi connectivity index (χ0v) is 12.1. The van der Waals surface area contributed by atoms with Crippen molar-refractivity contribution in [3.8, 4) is 0 Å². The van der Waals surface area contributed by atoms with E-state index in [4.69, 9.17) is 5.73 Å². The predicted molar refractivity (Wildman–Crippen MR) is 82.4 cm³/mol. The number of nitrogens with two attached hydrogens (primary N) is 1. The van der Waals surface area contributed by atoms with Crippen molar-refractivity contribution in [3.05, 3.63) is 35.1 Å². The summed E-state index contributed by atoms with van der Waals surface area (Å²) in [5.41, 5.74) is 6.67. The van der Waals surface area contributed by atoms with Crippen molar-refractivity contribution < 1.29 is 19.5 Å². The molecule has 2 amide bonds. The zero-order valence-electron chi connectivity index (χ0n) is 12.1. The van der Waals surface area contributed by atoms with Gasteiger partial charge in [-0.15, -0.1) is 0 Å². The van der Waals surface area contributed by atoms with Gasteiger partial charge in [0.25, 0.3) is 5.91 Å². The summed E-state index contributed by atoms with van der Waals surface area (Å²) >= 11 is 0. The largest absolute Gasteiger partial charge is 0.512 e. The van der Waals surface area contributed by atoms with E-state index >= 15 is 0 Å². The molecule has 1 aromatic heterocycles. The van der Waals surface area contributed by atoms with Crippen molar-refractivity contribution in [2.45, 2.75) is 13.8 Å². The highest BCUT2D eigenvalue weighted by atomic mass is 16.3. The lowest BCUT2D eigenvalue weighted by Gasteiger charge is -2.05. The Bertz CT molecular complexity index is 814. The van der Waals surface area contributed by atoms with Gasteiger partial charge >= 0.3 is 0 Å². The minimum absolute atomic E-state index is 0.0974. The van der Waals surface area contributed by atoms with Crippen LogP contribution in [-0.4, -0.2) is 28.2 Å². The topological polar surface area (TPSA) is 125 Å². The number of hydrogen-bond donors (Lipinski definition) is 4. The zero-order chi connectivity index (χ0) is 16.4. The van der Waals surface area contributed by atoms with Crippen molar-refractivity contribution >= 4 is 40.4 Å². The van der Waals surface area contributed by atoms with Crippen LogP contribution in [0.5, 0.6) is 0 Å². The molecule has 2 rings (SSSR count). The molecule has 114 valence electrons. The van der Waals surface area contributed by atoms with Crippen LogP contribution >= 0.6 is 0 Å². The molecule has 7 heteroatoms. The Morgan fingerprint density at radius 2 is 2.00 bits per heavy atom. The molecule has 1 heterocycles. The van der Waals surface area contributed by atoms with Crippen LogP contribution < -0.4 is 11.1 Å². The molecule has 0 radical (unpaired) electrons. The molecule has 5 N–H and O–H groups in total. The number of H-pyrrole nitrogens is 1. The number of aromatic nitrogens is 1. The van der Waals surface area contributed by atoms with Crippen LogP contribution in [-0.2, 0) is 9.59 Å². The van der Waals surface area contributed by atoms with Gasteiger partial charge in [0.15, 0.2) is 5.78 Å². The number of aliphatic hydroxyl groups is 1. The van der Waals surface area contributed by atoms with Gasteiger partial charge in [-0.2, -0.15) is 0 Å². The van der Waals surface area contributed by atoms with Crippen molar-refractivity contribution in [2.75, 3.05) is 5.32 Å². The Labute approximate surface area is 125 Å². The number of anilines is 1. The number of primary amides is 1. The highest BCUT2D eigenvalue weighted by Gasteiger charge is 2.18. The molecule has 2 aromatic rings. The number of ketones is 1. The minimum atomic E-state index is -0.691. The van der Waals surface area contributed by atoms with E-state index in [0.29, 0.717) is 22.9 Å². The average Bonchev–Trinajstić information content (AvgIpc) is 2.75. The average molecular weight is 301 g/mol. The van der Waals surface area contributed by atoms with E-state index in [9.17, 15) is 19.5 Å². The fourth-order valence-electron chi connectivity index (χ4n) is 2.44. The number of rotatable bonds is 5. The monoisotopic (exact) mass is 301 g/mol. The maximum Gasteiger partial charge on any atom is 0.253 e. The fraction of sp³-hybridized carbons (Fsp3) is 0.133. The summed E-state index contributed by atoms with van der Waals surface area (Å²) < 4.78 is 0. The number of carbonyl (C=O) groups excluding carboxylic acids is 3. The summed E-state index contributed by atoms with van der Waals surface area (Å²) in [5.74, 6) is -0.889. The summed E-state index contributed by atoms with van der Waals surface area (Å²) in [4.78, 5) is 36.7. The van der Waals surface area contributed by atoms with Gasteiger partial charge in [0.1, 0.15) is 11.6 Å². The molecule has 0 aliphatic rings. The van der Waals surface area contributed by atoms with E-state index in [2.05, 4.69) is 10.3 Å². The number of Topliss-reactive ketones (excluding diaryl/α,β-unsaturated/α-hetero) is 1. The second-order valence-corrected chi connectivity index (χ2v) is 4.78. The first-order valence-electron chi connectivity index (χ1n) is 6.43. The maximum atomic E-state index is 11.6. The van der Waals surface area contributed by atoms with E-state index in [1.54, 1.807) is 18.2 Å². The second-order valence-electron chi connectivity index (χ2n) is 4.78. The Morgan fingerprint density at radius 1 is 1.32 bits per heavy atom. The number of fused-ring (bicyclic) bond motifs is 1. The van der Waals surface area contributed by atoms with Gasteiger partial charge in [0, 0.05) is 10.9 Å². The first-order chi connectivity index (χ1) is 10.4. The summed E-state index contributed by atoms with van der Waals surface area (Å²) in [6, 6.07) is 4.81. The molecule has 1 aromatic carbocycles. The van der Waals surface area contributed by atoms with Crippen LogP contribution in [0.1, 0.15) is 29.8 Å². The summed E-state index contributed by atoms with van der Waals surface area (Å²) in [6.45, 7) is 2.77. The lowest BCUT2D eigenvalue weighted by Crippen LogP contribution is -2.13. The number of amides is 2. The Hall–Kier alpha value is -3.09. The predicted octanol–water partition coefficient (Wildman–Crippen LogP) is 1.71. The van der Waals surface area contributed by atoms with Gasteiger partial charge in [-0.1, -0.05) is 12.1 Å². The molecule has 0 aliphatic carbocycles. The third-order valence-electron chi connectivity index (χ3n) is 3.25. The molecule has 0 saturated carbocycles. The van der Waals surface area contributed by atoms with Crippen molar-refractivity contribution in [2.24, 2.45) is 5.73 Å². The Morgan fingerprint density at radius 3 is 2.50 bits per heavy atom. The van der Waals surface area contributed by atoms with E-state index in [1.165, 1.54) is 13.8 Å². The van der Waals surface area contributed by atoms with Crippen molar-refractivity contribution in [1.29, 1.82) is 0 Å². The summed E-state index contributed by atoms with van der Waals surface area (Å²) in [7, 11) is 0. The smallest absolute Gasteiger partial charge is 0.253 e. The highest BCUT2D eigenvalue weighted by Crippen LogP contribution is 2.29. The fourth-order valence-corrected chi connectivity index (χ4v) is 2.44. The molecule has 0 aliphatic heterocycles. The first kappa shape index (κ1) is 15.3. The highest BCUT2D eigenvalue weighted by molar-refractivity contribution is 6.21. The van der Waals surface area contributed by atoms with Crippen molar-refractivity contribution in [3.63, 3.8) is 0 Å². The van der Waals surface area contributed by atoms with Gasteiger partial charge < -0.3 is 21.1 Å². The van der Waals surface area contributed by atoms with E-state index in [1.807, 2.05) is 0 Å². The standard InChI is InChI=1S/C15H15N3O4/c1-7(20)12(8(2)21)9-3-4-10-11(5-9)18-15(17-6-19)13(10)14(16)22/h3-6,18,20H,1-2H3,(H2,16,22)(H,17,19)/b12-7+. The minimum Gasteiger partial charge on any atom is -0.512 e. The molecule has 22 heavy (non-hydrogen) atoms. The molecule has 7 nitrogen and oxygen atoms in total. The number of hydrogen-bond acceptors (Lipinski definition) is 4. The maximum absolute atomic E-state index is 11.6. The van der Waals surface area contributed by atoms with Crippen LogP contribution in [0.2, 0.25) is 0 Å². The van der Waals surface area contributed by atoms with Gasteiger partial charge in [-0.25, -0.2) is 0 Å². The third kappa shape index (κ3) is 2.56. The lowest BCUT2D eigenvalue weighted by molar-refractivity contribution is -0.112. The normalized spacial score (nSPS) is 11.9. The van der Waals surface area contributed by atoms with Crippen LogP contribution in [0.25, 0.3) is 16.5 Å². The summed E-state index contributed by atoms with van der Waals surface area (Å²) in [5, 5.41) is 12.5. The molecule has 0 unspecified atom stereocenters. The number of aliphatic hydroxyl groups excluding tert-OH is 1. The lowest BCUT2D eigenvalue weighted by atomic mass is 9.99. The SMILES string of the molecule is CC(=O)/C(=C(/C)O)c1ccc2c(C(N)=O)c(NC=O)[nH]c2c1. The number of nitrogens with one attached hydrogen (secondary N) is 2. The molecule has 0 spiro atoms.